The fourth-order valence-corrected chi connectivity index (χ4v) is 4.04. The normalized spacial score (nSPS) is 30.2. The highest BCUT2D eigenvalue weighted by atomic mass is 19.3. The zero-order valence-electron chi connectivity index (χ0n) is 16.5. The summed E-state index contributed by atoms with van der Waals surface area (Å²) in [6, 6.07) is 0.0288. The number of anilines is 2. The summed E-state index contributed by atoms with van der Waals surface area (Å²) in [5, 5.41) is 16.6. The molecule has 1 aromatic heterocycles. The molecule has 0 aromatic carbocycles. The molecule has 2 aliphatic rings. The molecule has 2 fully saturated rings. The molecule has 0 saturated heterocycles. The second-order valence-electron chi connectivity index (χ2n) is 8.03. The van der Waals surface area contributed by atoms with Crippen LogP contribution in [0.15, 0.2) is 6.20 Å². The van der Waals surface area contributed by atoms with Crippen molar-refractivity contribution in [2.75, 3.05) is 10.6 Å². The van der Waals surface area contributed by atoms with Crippen molar-refractivity contribution in [3.05, 3.63) is 11.8 Å². The van der Waals surface area contributed by atoms with E-state index in [4.69, 9.17) is 5.73 Å². The predicted octanol–water partition coefficient (Wildman–Crippen LogP) is 2.50. The van der Waals surface area contributed by atoms with Gasteiger partial charge in [-0.25, -0.2) is 4.98 Å². The zero-order valence-corrected chi connectivity index (χ0v) is 16.5. The fourth-order valence-electron chi connectivity index (χ4n) is 4.04. The standard InChI is InChI=1S/C19H29F2N5O3/c1-10-2-3-12(8-15(10)27)24-17-14(16(22)28)9-23-19(26-17)25-11-4-6-13(7-5-11)29-18(20)21/h9-13,15,18,27H,2-8H2,1H3,(H2,22,28)(H2,23,24,25,26)/t10-,11?,12-,13?,15-/m1/s1. The van der Waals surface area contributed by atoms with Crippen LogP contribution >= 0.6 is 0 Å². The van der Waals surface area contributed by atoms with Gasteiger partial charge in [-0.2, -0.15) is 13.8 Å². The summed E-state index contributed by atoms with van der Waals surface area (Å²) in [6.07, 6.45) is 5.25. The Hall–Kier alpha value is -2.07. The average molecular weight is 413 g/mol. The van der Waals surface area contributed by atoms with Gasteiger partial charge in [0.2, 0.25) is 5.95 Å². The van der Waals surface area contributed by atoms with Gasteiger partial charge in [0.05, 0.1) is 17.8 Å². The number of ether oxygens (including phenoxy) is 1. The molecule has 3 rings (SSSR count). The molecule has 0 aliphatic heterocycles. The summed E-state index contributed by atoms with van der Waals surface area (Å²) in [4.78, 5) is 20.4. The molecule has 1 amide bonds. The monoisotopic (exact) mass is 413 g/mol. The van der Waals surface area contributed by atoms with Crippen molar-refractivity contribution >= 4 is 17.7 Å². The maximum absolute atomic E-state index is 12.3. The van der Waals surface area contributed by atoms with Gasteiger partial charge >= 0.3 is 6.61 Å². The van der Waals surface area contributed by atoms with Crippen LogP contribution in [0.2, 0.25) is 0 Å². The summed E-state index contributed by atoms with van der Waals surface area (Å²) in [6.45, 7) is -0.729. The van der Waals surface area contributed by atoms with Crippen LogP contribution in [0, 0.1) is 5.92 Å². The lowest BCUT2D eigenvalue weighted by Crippen LogP contribution is -2.36. The van der Waals surface area contributed by atoms with E-state index in [0.717, 1.165) is 12.8 Å². The third-order valence-electron chi connectivity index (χ3n) is 5.85. The molecule has 0 spiro atoms. The quantitative estimate of drug-likeness (QED) is 0.542. The molecule has 1 aromatic rings. The molecule has 2 aliphatic carbocycles. The number of hydrogen-bond donors (Lipinski definition) is 4. The van der Waals surface area contributed by atoms with Crippen LogP contribution < -0.4 is 16.4 Å². The highest BCUT2D eigenvalue weighted by Gasteiger charge is 2.28. The van der Waals surface area contributed by atoms with Crippen molar-refractivity contribution in [1.29, 1.82) is 0 Å². The second-order valence-corrected chi connectivity index (χ2v) is 8.03. The average Bonchev–Trinajstić information content (AvgIpc) is 2.66. The number of alkyl halides is 2. The van der Waals surface area contributed by atoms with Gasteiger partial charge in [-0.1, -0.05) is 6.92 Å². The Morgan fingerprint density at radius 1 is 1.21 bits per heavy atom. The van der Waals surface area contributed by atoms with Crippen molar-refractivity contribution in [2.24, 2.45) is 11.7 Å². The van der Waals surface area contributed by atoms with Crippen LogP contribution in [0.3, 0.4) is 0 Å². The molecular formula is C19H29F2N5O3. The largest absolute Gasteiger partial charge is 0.393 e. The lowest BCUT2D eigenvalue weighted by atomic mass is 9.85. The van der Waals surface area contributed by atoms with Crippen LogP contribution in [-0.4, -0.2) is 51.9 Å². The van der Waals surface area contributed by atoms with Crippen LogP contribution in [-0.2, 0) is 4.74 Å². The first-order valence-electron chi connectivity index (χ1n) is 10.1. The van der Waals surface area contributed by atoms with Gasteiger partial charge in [0, 0.05) is 18.3 Å². The minimum absolute atomic E-state index is 0.0102. The minimum Gasteiger partial charge on any atom is -0.393 e. The smallest absolute Gasteiger partial charge is 0.345 e. The number of carbonyl (C=O) groups excluding carboxylic acids is 1. The Labute approximate surface area is 168 Å². The first kappa shape index (κ1) is 21.6. The number of aliphatic hydroxyl groups excluding tert-OH is 1. The SMILES string of the molecule is C[C@@H]1CC[C@@H](Nc2nc(NC3CCC(OC(F)F)CC3)ncc2C(N)=O)C[C@H]1O. The van der Waals surface area contributed by atoms with E-state index < -0.39 is 24.7 Å². The Morgan fingerprint density at radius 2 is 1.90 bits per heavy atom. The summed E-state index contributed by atoms with van der Waals surface area (Å²) in [5.74, 6) is 0.306. The molecule has 29 heavy (non-hydrogen) atoms. The summed E-state index contributed by atoms with van der Waals surface area (Å²) >= 11 is 0. The van der Waals surface area contributed by atoms with Gasteiger partial charge in [-0.3, -0.25) is 4.79 Å². The first-order valence-corrected chi connectivity index (χ1v) is 10.1. The van der Waals surface area contributed by atoms with E-state index in [-0.39, 0.29) is 23.6 Å². The summed E-state index contributed by atoms with van der Waals surface area (Å²) in [5.41, 5.74) is 5.65. The van der Waals surface area contributed by atoms with E-state index in [1.165, 1.54) is 6.20 Å². The van der Waals surface area contributed by atoms with Crippen molar-refractivity contribution < 1.29 is 23.4 Å². The molecule has 2 saturated carbocycles. The lowest BCUT2D eigenvalue weighted by Gasteiger charge is -2.32. The van der Waals surface area contributed by atoms with E-state index in [9.17, 15) is 18.7 Å². The number of amides is 1. The van der Waals surface area contributed by atoms with Crippen LogP contribution in [0.25, 0.3) is 0 Å². The maximum atomic E-state index is 12.3. The molecule has 5 N–H and O–H groups in total. The summed E-state index contributed by atoms with van der Waals surface area (Å²) < 4.78 is 29.2. The molecule has 3 atom stereocenters. The van der Waals surface area contributed by atoms with Crippen molar-refractivity contribution in [2.45, 2.75) is 82.8 Å². The third-order valence-corrected chi connectivity index (χ3v) is 5.85. The molecule has 0 bridgehead atoms. The van der Waals surface area contributed by atoms with Gasteiger partial charge in [-0.05, 0) is 50.9 Å². The van der Waals surface area contributed by atoms with E-state index in [0.29, 0.717) is 43.9 Å². The van der Waals surface area contributed by atoms with E-state index in [1.54, 1.807) is 0 Å². The molecule has 162 valence electrons. The van der Waals surface area contributed by atoms with E-state index in [1.807, 2.05) is 6.92 Å². The van der Waals surface area contributed by atoms with E-state index in [2.05, 4.69) is 25.3 Å². The van der Waals surface area contributed by atoms with Crippen molar-refractivity contribution in [3.63, 3.8) is 0 Å². The highest BCUT2D eigenvalue weighted by Crippen LogP contribution is 2.28. The fraction of sp³-hybridized carbons (Fsp3) is 0.737. The number of aliphatic hydroxyl groups is 1. The number of rotatable bonds is 7. The number of aromatic nitrogens is 2. The Bertz CT molecular complexity index is 700. The number of nitrogens with two attached hydrogens (primary N) is 1. The minimum atomic E-state index is -2.75. The molecule has 0 unspecified atom stereocenters. The second kappa shape index (κ2) is 9.62. The van der Waals surface area contributed by atoms with Gasteiger partial charge in [-0.15, -0.1) is 0 Å². The number of hydrogen-bond acceptors (Lipinski definition) is 7. The van der Waals surface area contributed by atoms with Crippen LogP contribution in [0.1, 0.15) is 62.2 Å². The van der Waals surface area contributed by atoms with Crippen molar-refractivity contribution in [1.82, 2.24) is 9.97 Å². The van der Waals surface area contributed by atoms with Crippen molar-refractivity contribution in [3.8, 4) is 0 Å². The molecular weight excluding hydrogens is 384 g/mol. The number of halogens is 2. The lowest BCUT2D eigenvalue weighted by molar-refractivity contribution is -0.169. The third kappa shape index (κ3) is 5.96. The Kier molecular flexibility index (Phi) is 7.18. The molecule has 10 heteroatoms. The van der Waals surface area contributed by atoms with Gasteiger partial charge in [0.15, 0.2) is 0 Å². The van der Waals surface area contributed by atoms with Crippen LogP contribution in [0.5, 0.6) is 0 Å². The molecule has 0 radical (unpaired) electrons. The van der Waals surface area contributed by atoms with Gasteiger partial charge in [0.25, 0.3) is 5.91 Å². The molecule has 8 nitrogen and oxygen atoms in total. The number of nitrogens with zero attached hydrogens (tertiary/aromatic N) is 2. The first-order chi connectivity index (χ1) is 13.8. The van der Waals surface area contributed by atoms with Gasteiger partial charge in [0.1, 0.15) is 5.82 Å². The highest BCUT2D eigenvalue weighted by molar-refractivity contribution is 5.97. The van der Waals surface area contributed by atoms with E-state index >= 15 is 0 Å². The van der Waals surface area contributed by atoms with Crippen LogP contribution in [0.4, 0.5) is 20.5 Å². The Balaban J connectivity index is 1.63. The number of primary amides is 1. The predicted molar refractivity (Wildman–Crippen MR) is 104 cm³/mol. The number of nitrogens with one attached hydrogen (secondary N) is 2. The summed E-state index contributed by atoms with van der Waals surface area (Å²) in [7, 11) is 0. The Morgan fingerprint density at radius 3 is 2.52 bits per heavy atom. The van der Waals surface area contributed by atoms with Gasteiger partial charge < -0.3 is 26.2 Å². The molecule has 1 heterocycles. The maximum Gasteiger partial charge on any atom is 0.345 e. The number of carbonyl (C=O) groups is 1. The zero-order chi connectivity index (χ0) is 21.0. The topological polar surface area (TPSA) is 122 Å².